The number of rotatable bonds is 6. The zero-order valence-corrected chi connectivity index (χ0v) is 13.0. The lowest BCUT2D eigenvalue weighted by atomic mass is 10.1. The van der Waals surface area contributed by atoms with Gasteiger partial charge in [0.25, 0.3) is 0 Å². The smallest absolute Gasteiger partial charge is 0.237 e. The Morgan fingerprint density at radius 3 is 2.37 bits per heavy atom. The first-order valence-electron chi connectivity index (χ1n) is 6.55. The zero-order chi connectivity index (χ0) is 14.5. The molecule has 0 unspecified atom stereocenters. The molecule has 0 aromatic heterocycles. The van der Waals surface area contributed by atoms with Gasteiger partial charge in [0.15, 0.2) is 0 Å². The SMILES string of the molecule is CC(C)N(C(=O)CSCC(C)(C)N)c1ccccc1. The Balaban J connectivity index is 2.65. The monoisotopic (exact) mass is 280 g/mol. The molecule has 0 bridgehead atoms. The van der Waals surface area contributed by atoms with Crippen molar-refractivity contribution in [3.05, 3.63) is 30.3 Å². The fourth-order valence-corrected chi connectivity index (χ4v) is 2.73. The molecule has 2 N–H and O–H groups in total. The number of thioether (sulfide) groups is 1. The van der Waals surface area contributed by atoms with Gasteiger partial charge in [-0.3, -0.25) is 4.79 Å². The molecule has 0 fully saturated rings. The Labute approximate surface area is 120 Å². The highest BCUT2D eigenvalue weighted by Gasteiger charge is 2.19. The third kappa shape index (κ3) is 5.66. The molecule has 0 aliphatic carbocycles. The Bertz CT molecular complexity index is 398. The van der Waals surface area contributed by atoms with E-state index in [1.54, 1.807) is 11.8 Å². The van der Waals surface area contributed by atoms with Crippen LogP contribution < -0.4 is 10.6 Å². The molecule has 0 aliphatic rings. The van der Waals surface area contributed by atoms with E-state index in [1.807, 2.05) is 62.9 Å². The molecule has 19 heavy (non-hydrogen) atoms. The summed E-state index contributed by atoms with van der Waals surface area (Å²) < 4.78 is 0. The maximum Gasteiger partial charge on any atom is 0.237 e. The number of carbonyl (C=O) groups is 1. The van der Waals surface area contributed by atoms with Crippen LogP contribution in [0.2, 0.25) is 0 Å². The predicted octanol–water partition coefficient (Wildman–Crippen LogP) is 2.90. The van der Waals surface area contributed by atoms with E-state index < -0.39 is 0 Å². The number of benzene rings is 1. The maximum atomic E-state index is 12.3. The first-order valence-corrected chi connectivity index (χ1v) is 7.70. The second-order valence-electron chi connectivity index (χ2n) is 5.67. The zero-order valence-electron chi connectivity index (χ0n) is 12.2. The van der Waals surface area contributed by atoms with Gasteiger partial charge in [-0.2, -0.15) is 11.8 Å². The number of nitrogens with two attached hydrogens (primary N) is 1. The normalized spacial score (nSPS) is 11.7. The predicted molar refractivity (Wildman–Crippen MR) is 84.7 cm³/mol. The van der Waals surface area contributed by atoms with Gasteiger partial charge in [0.1, 0.15) is 0 Å². The maximum absolute atomic E-state index is 12.3. The van der Waals surface area contributed by atoms with Crippen molar-refractivity contribution >= 4 is 23.4 Å². The van der Waals surface area contributed by atoms with Gasteiger partial charge in [0.05, 0.1) is 5.75 Å². The van der Waals surface area contributed by atoms with Gasteiger partial charge in [0, 0.05) is 23.0 Å². The number of carbonyl (C=O) groups excluding carboxylic acids is 1. The molecule has 1 amide bonds. The average Bonchev–Trinajstić information content (AvgIpc) is 2.28. The summed E-state index contributed by atoms with van der Waals surface area (Å²) in [4.78, 5) is 14.2. The van der Waals surface area contributed by atoms with Crippen LogP contribution in [-0.4, -0.2) is 29.0 Å². The van der Waals surface area contributed by atoms with Crippen molar-refractivity contribution < 1.29 is 4.79 Å². The molecular formula is C15H24N2OS. The summed E-state index contributed by atoms with van der Waals surface area (Å²) in [5, 5.41) is 0. The fourth-order valence-electron chi connectivity index (χ4n) is 1.79. The van der Waals surface area contributed by atoms with Gasteiger partial charge >= 0.3 is 0 Å². The average molecular weight is 280 g/mol. The van der Waals surface area contributed by atoms with Crippen LogP contribution in [0.4, 0.5) is 5.69 Å². The van der Waals surface area contributed by atoms with E-state index in [0.717, 1.165) is 11.4 Å². The third-order valence-electron chi connectivity index (χ3n) is 2.52. The molecule has 0 spiro atoms. The molecule has 1 aromatic carbocycles. The van der Waals surface area contributed by atoms with E-state index in [4.69, 9.17) is 5.73 Å². The third-order valence-corrected chi connectivity index (χ3v) is 3.92. The Kier molecular flexibility index (Phi) is 5.88. The molecule has 1 rings (SSSR count). The number of hydrogen-bond donors (Lipinski definition) is 1. The second kappa shape index (κ2) is 6.96. The summed E-state index contributed by atoms with van der Waals surface area (Å²) in [5.41, 5.74) is 6.64. The summed E-state index contributed by atoms with van der Waals surface area (Å²) in [7, 11) is 0. The van der Waals surface area contributed by atoms with E-state index in [-0.39, 0.29) is 17.5 Å². The molecule has 0 radical (unpaired) electrons. The van der Waals surface area contributed by atoms with Crippen molar-refractivity contribution in [3.63, 3.8) is 0 Å². The Morgan fingerprint density at radius 1 is 1.32 bits per heavy atom. The van der Waals surface area contributed by atoms with Crippen molar-refractivity contribution in [2.75, 3.05) is 16.4 Å². The molecule has 1 aromatic rings. The number of nitrogens with zero attached hydrogens (tertiary/aromatic N) is 1. The molecule has 106 valence electrons. The Morgan fingerprint density at radius 2 is 1.89 bits per heavy atom. The van der Waals surface area contributed by atoms with Crippen LogP contribution in [0.15, 0.2) is 30.3 Å². The van der Waals surface area contributed by atoms with Crippen LogP contribution in [-0.2, 0) is 4.79 Å². The van der Waals surface area contributed by atoms with Crippen LogP contribution in [0.1, 0.15) is 27.7 Å². The van der Waals surface area contributed by atoms with E-state index in [9.17, 15) is 4.79 Å². The lowest BCUT2D eigenvalue weighted by Crippen LogP contribution is -2.39. The highest BCUT2D eigenvalue weighted by atomic mass is 32.2. The molecule has 3 nitrogen and oxygen atoms in total. The van der Waals surface area contributed by atoms with Crippen LogP contribution >= 0.6 is 11.8 Å². The van der Waals surface area contributed by atoms with E-state index in [2.05, 4.69) is 0 Å². The molecule has 0 saturated heterocycles. The van der Waals surface area contributed by atoms with Gasteiger partial charge in [0.2, 0.25) is 5.91 Å². The van der Waals surface area contributed by atoms with Gasteiger partial charge in [-0.25, -0.2) is 0 Å². The summed E-state index contributed by atoms with van der Waals surface area (Å²) in [5.74, 6) is 1.38. The summed E-state index contributed by atoms with van der Waals surface area (Å²) in [6.45, 7) is 8.01. The molecule has 0 aliphatic heterocycles. The van der Waals surface area contributed by atoms with Crippen LogP contribution in [0, 0.1) is 0 Å². The molecule has 0 atom stereocenters. The summed E-state index contributed by atoms with van der Waals surface area (Å²) in [6, 6.07) is 9.95. The minimum atomic E-state index is -0.236. The van der Waals surface area contributed by atoms with Crippen molar-refractivity contribution in [3.8, 4) is 0 Å². The number of amides is 1. The van der Waals surface area contributed by atoms with Gasteiger partial charge in [-0.1, -0.05) is 18.2 Å². The van der Waals surface area contributed by atoms with Crippen molar-refractivity contribution in [2.45, 2.75) is 39.3 Å². The molecular weight excluding hydrogens is 256 g/mol. The van der Waals surface area contributed by atoms with E-state index in [0.29, 0.717) is 5.75 Å². The first-order chi connectivity index (χ1) is 8.81. The summed E-state index contributed by atoms with van der Waals surface area (Å²) in [6.07, 6.45) is 0. The Hall–Kier alpha value is -1.00. The molecule has 4 heteroatoms. The molecule has 0 heterocycles. The van der Waals surface area contributed by atoms with E-state index >= 15 is 0 Å². The lowest BCUT2D eigenvalue weighted by molar-refractivity contribution is -0.116. The topological polar surface area (TPSA) is 46.3 Å². The molecule has 0 saturated carbocycles. The standard InChI is InChI=1S/C15H24N2OS/c1-12(2)17(13-8-6-5-7-9-13)14(18)10-19-11-15(3,4)16/h5-9,12H,10-11,16H2,1-4H3. The number of hydrogen-bond acceptors (Lipinski definition) is 3. The first kappa shape index (κ1) is 16.1. The largest absolute Gasteiger partial charge is 0.325 e. The second-order valence-corrected chi connectivity index (χ2v) is 6.66. The number of para-hydroxylation sites is 1. The van der Waals surface area contributed by atoms with Gasteiger partial charge in [-0.15, -0.1) is 0 Å². The van der Waals surface area contributed by atoms with E-state index in [1.165, 1.54) is 0 Å². The van der Waals surface area contributed by atoms with Crippen LogP contribution in [0.3, 0.4) is 0 Å². The minimum Gasteiger partial charge on any atom is -0.325 e. The van der Waals surface area contributed by atoms with Crippen molar-refractivity contribution in [1.29, 1.82) is 0 Å². The van der Waals surface area contributed by atoms with Gasteiger partial charge < -0.3 is 10.6 Å². The van der Waals surface area contributed by atoms with Crippen molar-refractivity contribution in [1.82, 2.24) is 0 Å². The number of anilines is 1. The van der Waals surface area contributed by atoms with Crippen LogP contribution in [0.25, 0.3) is 0 Å². The van der Waals surface area contributed by atoms with Gasteiger partial charge in [-0.05, 0) is 39.8 Å². The summed E-state index contributed by atoms with van der Waals surface area (Å²) >= 11 is 1.59. The van der Waals surface area contributed by atoms with Crippen LogP contribution in [0.5, 0.6) is 0 Å². The minimum absolute atomic E-state index is 0.135. The highest BCUT2D eigenvalue weighted by molar-refractivity contribution is 8.00. The van der Waals surface area contributed by atoms with Crippen molar-refractivity contribution in [2.24, 2.45) is 5.73 Å². The quantitative estimate of drug-likeness (QED) is 0.871. The highest BCUT2D eigenvalue weighted by Crippen LogP contribution is 2.19. The lowest BCUT2D eigenvalue weighted by Gasteiger charge is -2.27. The fraction of sp³-hybridized carbons (Fsp3) is 0.533.